The summed E-state index contributed by atoms with van der Waals surface area (Å²) in [5.74, 6) is 2.15. The monoisotopic (exact) mass is 422 g/mol. The predicted octanol–water partition coefficient (Wildman–Crippen LogP) is 4.33. The van der Waals surface area contributed by atoms with E-state index in [9.17, 15) is 9.59 Å². The Kier molecular flexibility index (Phi) is 5.91. The summed E-state index contributed by atoms with van der Waals surface area (Å²) in [5.41, 5.74) is 3.63. The Labute approximate surface area is 184 Å². The molecule has 2 atom stereocenters. The number of carbonyl (C=O) groups excluding carboxylic acids is 2. The van der Waals surface area contributed by atoms with Crippen LogP contribution in [-0.2, 0) is 11.8 Å². The summed E-state index contributed by atoms with van der Waals surface area (Å²) >= 11 is 0. The molecule has 0 unspecified atom stereocenters. The van der Waals surface area contributed by atoms with Crippen LogP contribution >= 0.6 is 0 Å². The van der Waals surface area contributed by atoms with Gasteiger partial charge in [-0.2, -0.15) is 5.10 Å². The average Bonchev–Trinajstić information content (AvgIpc) is 3.01. The Balaban J connectivity index is 1.66. The molecule has 1 fully saturated rings. The van der Waals surface area contributed by atoms with Crippen LogP contribution in [0.25, 0.3) is 0 Å². The Morgan fingerprint density at radius 3 is 2.55 bits per heavy atom. The SMILES string of the molecule is Cc1cccc(C(=O)N[C@@H]2C(=O)Nc3c(c(C)nn3C)[C@H]2C2CCC(C(C)C)CC2)c1. The smallest absolute Gasteiger partial charge is 0.251 e. The lowest BCUT2D eigenvalue weighted by Crippen LogP contribution is -2.52. The van der Waals surface area contributed by atoms with E-state index in [2.05, 4.69) is 29.6 Å². The first kappa shape index (κ1) is 21.6. The van der Waals surface area contributed by atoms with Crippen LogP contribution < -0.4 is 10.6 Å². The number of amides is 2. The minimum Gasteiger partial charge on any atom is -0.340 e. The maximum atomic E-state index is 13.2. The van der Waals surface area contributed by atoms with Crippen LogP contribution in [0, 0.1) is 31.6 Å². The molecular weight excluding hydrogens is 388 g/mol. The fourth-order valence-corrected chi connectivity index (χ4v) is 5.59. The first-order valence-electron chi connectivity index (χ1n) is 11.5. The Morgan fingerprint density at radius 1 is 1.19 bits per heavy atom. The largest absolute Gasteiger partial charge is 0.340 e. The molecule has 1 aromatic carbocycles. The van der Waals surface area contributed by atoms with Gasteiger partial charge in [0.25, 0.3) is 5.91 Å². The quantitative estimate of drug-likeness (QED) is 0.770. The molecule has 2 aromatic rings. The molecule has 6 heteroatoms. The fourth-order valence-electron chi connectivity index (χ4n) is 5.59. The molecular formula is C25H34N4O2. The van der Waals surface area contributed by atoms with Crippen LogP contribution in [-0.4, -0.2) is 27.6 Å². The molecule has 4 rings (SSSR count). The van der Waals surface area contributed by atoms with Crippen LogP contribution in [0.3, 0.4) is 0 Å². The van der Waals surface area contributed by atoms with Crippen molar-refractivity contribution in [1.29, 1.82) is 0 Å². The van der Waals surface area contributed by atoms with Crippen molar-refractivity contribution >= 4 is 17.6 Å². The van der Waals surface area contributed by atoms with Gasteiger partial charge in [0.05, 0.1) is 5.69 Å². The van der Waals surface area contributed by atoms with E-state index in [0.29, 0.717) is 17.4 Å². The summed E-state index contributed by atoms with van der Waals surface area (Å²) in [4.78, 5) is 26.3. The molecule has 0 bridgehead atoms. The van der Waals surface area contributed by atoms with E-state index in [0.717, 1.165) is 41.4 Å². The van der Waals surface area contributed by atoms with Gasteiger partial charge in [-0.3, -0.25) is 14.3 Å². The lowest BCUT2D eigenvalue weighted by atomic mass is 9.68. The van der Waals surface area contributed by atoms with Crippen molar-refractivity contribution in [1.82, 2.24) is 15.1 Å². The first-order valence-corrected chi connectivity index (χ1v) is 11.5. The molecule has 0 spiro atoms. The highest BCUT2D eigenvalue weighted by molar-refractivity contribution is 6.03. The molecule has 166 valence electrons. The third-order valence-corrected chi connectivity index (χ3v) is 7.32. The van der Waals surface area contributed by atoms with Gasteiger partial charge in [-0.05, 0) is 69.4 Å². The summed E-state index contributed by atoms with van der Waals surface area (Å²) in [7, 11) is 1.87. The summed E-state index contributed by atoms with van der Waals surface area (Å²) in [6, 6.07) is 6.90. The van der Waals surface area contributed by atoms with Gasteiger partial charge < -0.3 is 10.6 Å². The second-order valence-corrected chi connectivity index (χ2v) is 9.73. The van der Waals surface area contributed by atoms with Crippen LogP contribution in [0.5, 0.6) is 0 Å². The zero-order valence-corrected chi connectivity index (χ0v) is 19.2. The van der Waals surface area contributed by atoms with Crippen LogP contribution in [0.4, 0.5) is 5.82 Å². The molecule has 1 aliphatic heterocycles. The van der Waals surface area contributed by atoms with Gasteiger partial charge in [-0.25, -0.2) is 0 Å². The molecule has 1 aromatic heterocycles. The van der Waals surface area contributed by atoms with Gasteiger partial charge in [0, 0.05) is 24.1 Å². The number of aryl methyl sites for hydroxylation is 3. The summed E-state index contributed by atoms with van der Waals surface area (Å²) < 4.78 is 1.76. The summed E-state index contributed by atoms with van der Waals surface area (Å²) in [5, 5.41) is 10.7. The number of fused-ring (bicyclic) bond motifs is 1. The summed E-state index contributed by atoms with van der Waals surface area (Å²) in [6.07, 6.45) is 4.50. The van der Waals surface area contributed by atoms with Crippen molar-refractivity contribution in [2.45, 2.75) is 65.3 Å². The summed E-state index contributed by atoms with van der Waals surface area (Å²) in [6.45, 7) is 8.56. The number of nitrogens with zero attached hydrogens (tertiary/aromatic N) is 2. The lowest BCUT2D eigenvalue weighted by molar-refractivity contribution is -0.119. The molecule has 0 radical (unpaired) electrons. The third kappa shape index (κ3) is 4.12. The molecule has 2 amide bonds. The van der Waals surface area contributed by atoms with E-state index < -0.39 is 6.04 Å². The van der Waals surface area contributed by atoms with Crippen molar-refractivity contribution in [3.63, 3.8) is 0 Å². The number of hydrogen-bond donors (Lipinski definition) is 2. The number of rotatable bonds is 4. The highest BCUT2D eigenvalue weighted by Crippen LogP contribution is 2.46. The Morgan fingerprint density at radius 2 is 1.90 bits per heavy atom. The molecule has 2 heterocycles. The Hall–Kier alpha value is -2.63. The van der Waals surface area contributed by atoms with Gasteiger partial charge in [-0.1, -0.05) is 31.5 Å². The zero-order chi connectivity index (χ0) is 22.3. The predicted molar refractivity (Wildman–Crippen MR) is 122 cm³/mol. The maximum absolute atomic E-state index is 13.2. The standard InChI is InChI=1S/C25H34N4O2/c1-14(2)17-9-11-18(12-10-17)21-20-16(4)28-29(5)23(20)27-25(31)22(21)26-24(30)19-8-6-7-15(3)13-19/h6-8,13-14,17-18,21-22H,9-12H2,1-5H3,(H,26,30)(H,27,31)/t17?,18?,21-,22+/m1/s1. The van der Waals surface area contributed by atoms with Crippen LogP contribution in [0.2, 0.25) is 0 Å². The van der Waals surface area contributed by atoms with Gasteiger partial charge >= 0.3 is 0 Å². The van der Waals surface area contributed by atoms with Crippen molar-refractivity contribution in [2.24, 2.45) is 24.8 Å². The molecule has 6 nitrogen and oxygen atoms in total. The number of aromatic nitrogens is 2. The topological polar surface area (TPSA) is 76.0 Å². The zero-order valence-electron chi connectivity index (χ0n) is 19.2. The van der Waals surface area contributed by atoms with E-state index in [1.165, 1.54) is 12.8 Å². The normalized spacial score (nSPS) is 25.8. The number of anilines is 1. The van der Waals surface area contributed by atoms with Crippen LogP contribution in [0.15, 0.2) is 24.3 Å². The van der Waals surface area contributed by atoms with Crippen molar-refractivity contribution in [2.75, 3.05) is 5.32 Å². The molecule has 0 saturated heterocycles. The molecule has 1 aliphatic carbocycles. The maximum Gasteiger partial charge on any atom is 0.251 e. The second-order valence-electron chi connectivity index (χ2n) is 9.73. The minimum absolute atomic E-state index is 0.0562. The van der Waals surface area contributed by atoms with Gasteiger partial charge in [0.1, 0.15) is 11.9 Å². The van der Waals surface area contributed by atoms with Gasteiger partial charge in [-0.15, -0.1) is 0 Å². The van der Waals surface area contributed by atoms with Gasteiger partial charge in [0.15, 0.2) is 0 Å². The number of benzene rings is 1. The van der Waals surface area contributed by atoms with E-state index in [1.54, 1.807) is 10.7 Å². The van der Waals surface area contributed by atoms with Crippen molar-refractivity contribution in [3.05, 3.63) is 46.6 Å². The van der Waals surface area contributed by atoms with Crippen LogP contribution in [0.1, 0.15) is 72.6 Å². The van der Waals surface area contributed by atoms with Crippen molar-refractivity contribution < 1.29 is 9.59 Å². The number of carbonyl (C=O) groups is 2. The first-order chi connectivity index (χ1) is 14.8. The molecule has 2 aliphatic rings. The highest BCUT2D eigenvalue weighted by atomic mass is 16.2. The fraction of sp³-hybridized carbons (Fsp3) is 0.560. The average molecular weight is 423 g/mol. The van der Waals surface area contributed by atoms with E-state index >= 15 is 0 Å². The lowest BCUT2D eigenvalue weighted by Gasteiger charge is -2.41. The number of nitrogens with one attached hydrogen (secondary N) is 2. The van der Waals surface area contributed by atoms with E-state index in [4.69, 9.17) is 0 Å². The minimum atomic E-state index is -0.594. The van der Waals surface area contributed by atoms with E-state index in [-0.39, 0.29) is 17.7 Å². The molecule has 2 N–H and O–H groups in total. The third-order valence-electron chi connectivity index (χ3n) is 7.32. The molecule has 31 heavy (non-hydrogen) atoms. The van der Waals surface area contributed by atoms with Crippen molar-refractivity contribution in [3.8, 4) is 0 Å². The number of hydrogen-bond acceptors (Lipinski definition) is 3. The Bertz CT molecular complexity index is 985. The van der Waals surface area contributed by atoms with Gasteiger partial charge in [0.2, 0.25) is 5.91 Å². The van der Waals surface area contributed by atoms with E-state index in [1.807, 2.05) is 39.1 Å². The molecule has 1 saturated carbocycles. The highest BCUT2D eigenvalue weighted by Gasteiger charge is 2.45. The second kappa shape index (κ2) is 8.48.